The molecule has 17 heavy (non-hydrogen) atoms. The highest BCUT2D eigenvalue weighted by Crippen LogP contribution is 2.18. The van der Waals surface area contributed by atoms with Crippen molar-refractivity contribution in [1.29, 1.82) is 0 Å². The third kappa shape index (κ3) is 2.74. The van der Waals surface area contributed by atoms with Crippen LogP contribution in [0.15, 0.2) is 24.5 Å². The van der Waals surface area contributed by atoms with Gasteiger partial charge in [-0.3, -0.25) is 9.89 Å². The van der Waals surface area contributed by atoms with Crippen LogP contribution in [0.5, 0.6) is 0 Å². The Hall–Kier alpha value is -1.62. The maximum absolute atomic E-state index is 11.9. The van der Waals surface area contributed by atoms with E-state index in [2.05, 4.69) is 22.4 Å². The predicted molar refractivity (Wildman–Crippen MR) is 68.2 cm³/mol. The van der Waals surface area contributed by atoms with Crippen LogP contribution in [-0.2, 0) is 6.42 Å². The number of hydrogen-bond donors (Lipinski definition) is 2. The van der Waals surface area contributed by atoms with Gasteiger partial charge >= 0.3 is 0 Å². The number of amides is 1. The van der Waals surface area contributed by atoms with Crippen LogP contribution in [0.4, 0.5) is 0 Å². The lowest BCUT2D eigenvalue weighted by Gasteiger charge is -2.10. The number of nitrogens with one attached hydrogen (secondary N) is 2. The maximum Gasteiger partial charge on any atom is 0.261 e. The van der Waals surface area contributed by atoms with Crippen molar-refractivity contribution in [2.45, 2.75) is 26.3 Å². The first-order valence-electron chi connectivity index (χ1n) is 5.59. The highest BCUT2D eigenvalue weighted by molar-refractivity contribution is 7.14. The molecule has 2 aromatic rings. The SMILES string of the molecule is CCc1ccc(C(=O)NC(C)c2cn[nH]c2)s1. The first-order chi connectivity index (χ1) is 8.20. The second kappa shape index (κ2) is 5.14. The zero-order valence-corrected chi connectivity index (χ0v) is 10.7. The van der Waals surface area contributed by atoms with Crippen LogP contribution in [-0.4, -0.2) is 16.1 Å². The molecule has 4 nitrogen and oxygen atoms in total. The Morgan fingerprint density at radius 2 is 2.41 bits per heavy atom. The fraction of sp³-hybridized carbons (Fsp3) is 0.333. The van der Waals surface area contributed by atoms with Crippen LogP contribution in [0.2, 0.25) is 0 Å². The van der Waals surface area contributed by atoms with E-state index in [0.717, 1.165) is 16.9 Å². The van der Waals surface area contributed by atoms with Crippen LogP contribution in [0.1, 0.15) is 40.0 Å². The third-order valence-electron chi connectivity index (χ3n) is 2.60. The van der Waals surface area contributed by atoms with Gasteiger partial charge in [0.1, 0.15) is 0 Å². The second-order valence-corrected chi connectivity index (χ2v) is 5.01. The van der Waals surface area contributed by atoms with Crippen molar-refractivity contribution in [2.75, 3.05) is 0 Å². The highest BCUT2D eigenvalue weighted by Gasteiger charge is 2.13. The molecule has 0 saturated carbocycles. The summed E-state index contributed by atoms with van der Waals surface area (Å²) in [7, 11) is 0. The number of carbonyl (C=O) groups excluding carboxylic acids is 1. The van der Waals surface area contributed by atoms with Crippen LogP contribution >= 0.6 is 11.3 Å². The first-order valence-corrected chi connectivity index (χ1v) is 6.40. The minimum atomic E-state index is -0.0339. The Bertz CT molecular complexity index is 490. The molecule has 2 rings (SSSR count). The largest absolute Gasteiger partial charge is 0.345 e. The summed E-state index contributed by atoms with van der Waals surface area (Å²) in [6.45, 7) is 4.03. The van der Waals surface area contributed by atoms with Crippen molar-refractivity contribution < 1.29 is 4.79 Å². The van der Waals surface area contributed by atoms with E-state index >= 15 is 0 Å². The Morgan fingerprint density at radius 3 is 3.00 bits per heavy atom. The zero-order valence-electron chi connectivity index (χ0n) is 9.86. The van der Waals surface area contributed by atoms with Crippen LogP contribution < -0.4 is 5.32 Å². The molecule has 1 atom stereocenters. The van der Waals surface area contributed by atoms with Crippen LogP contribution in [0.3, 0.4) is 0 Å². The average molecular weight is 249 g/mol. The number of aromatic amines is 1. The van der Waals surface area contributed by atoms with Crippen molar-refractivity contribution in [3.8, 4) is 0 Å². The second-order valence-electron chi connectivity index (χ2n) is 3.85. The molecule has 1 amide bonds. The number of carbonyl (C=O) groups is 1. The van der Waals surface area contributed by atoms with Crippen molar-refractivity contribution in [1.82, 2.24) is 15.5 Å². The van der Waals surface area contributed by atoms with E-state index in [1.165, 1.54) is 4.88 Å². The van der Waals surface area contributed by atoms with Gasteiger partial charge in [0.25, 0.3) is 5.91 Å². The van der Waals surface area contributed by atoms with Gasteiger partial charge in [0.05, 0.1) is 17.1 Å². The molecule has 0 spiro atoms. The number of H-pyrrole nitrogens is 1. The van der Waals surface area contributed by atoms with Gasteiger partial charge in [-0.05, 0) is 25.5 Å². The number of hydrogen-bond acceptors (Lipinski definition) is 3. The third-order valence-corrected chi connectivity index (χ3v) is 3.83. The summed E-state index contributed by atoms with van der Waals surface area (Å²) in [5, 5.41) is 9.55. The Kier molecular flexibility index (Phi) is 3.58. The molecular formula is C12H15N3OS. The number of thiophene rings is 1. The fourth-order valence-electron chi connectivity index (χ4n) is 1.54. The lowest BCUT2D eigenvalue weighted by molar-refractivity contribution is 0.0944. The predicted octanol–water partition coefficient (Wildman–Crippen LogP) is 2.52. The summed E-state index contributed by atoms with van der Waals surface area (Å²) in [5.74, 6) is -0.0246. The molecule has 2 aromatic heterocycles. The molecular weight excluding hydrogens is 234 g/mol. The van der Waals surface area contributed by atoms with E-state index in [1.807, 2.05) is 19.1 Å². The molecule has 0 radical (unpaired) electrons. The van der Waals surface area contributed by atoms with Gasteiger partial charge in [0, 0.05) is 16.6 Å². The lowest BCUT2D eigenvalue weighted by atomic mass is 10.2. The molecule has 0 aromatic carbocycles. The molecule has 0 saturated heterocycles. The Labute approximate surface area is 104 Å². The number of rotatable bonds is 4. The minimum Gasteiger partial charge on any atom is -0.345 e. The molecule has 0 aliphatic rings. The maximum atomic E-state index is 11.9. The lowest BCUT2D eigenvalue weighted by Crippen LogP contribution is -2.25. The van der Waals surface area contributed by atoms with E-state index in [-0.39, 0.29) is 11.9 Å². The van der Waals surface area contributed by atoms with Gasteiger partial charge in [0.15, 0.2) is 0 Å². The van der Waals surface area contributed by atoms with E-state index in [1.54, 1.807) is 23.7 Å². The van der Waals surface area contributed by atoms with Gasteiger partial charge in [-0.1, -0.05) is 6.92 Å². The van der Waals surface area contributed by atoms with E-state index in [0.29, 0.717) is 0 Å². The highest BCUT2D eigenvalue weighted by atomic mass is 32.1. The van der Waals surface area contributed by atoms with Gasteiger partial charge in [-0.15, -0.1) is 11.3 Å². The Balaban J connectivity index is 2.01. The summed E-state index contributed by atoms with van der Waals surface area (Å²) in [6.07, 6.45) is 4.48. The molecule has 0 bridgehead atoms. The van der Waals surface area contributed by atoms with Crippen LogP contribution in [0.25, 0.3) is 0 Å². The summed E-state index contributed by atoms with van der Waals surface area (Å²) >= 11 is 1.54. The molecule has 0 aliphatic carbocycles. The molecule has 90 valence electrons. The Morgan fingerprint density at radius 1 is 1.59 bits per heavy atom. The monoisotopic (exact) mass is 249 g/mol. The minimum absolute atomic E-state index is 0.0246. The summed E-state index contributed by atoms with van der Waals surface area (Å²) < 4.78 is 0. The molecule has 2 heterocycles. The topological polar surface area (TPSA) is 57.8 Å². The van der Waals surface area contributed by atoms with Crippen LogP contribution in [0, 0.1) is 0 Å². The standard InChI is InChI=1S/C12H15N3OS/c1-3-10-4-5-11(17-10)12(16)15-8(2)9-6-13-14-7-9/h4-8H,3H2,1-2H3,(H,13,14)(H,15,16). The molecule has 1 unspecified atom stereocenters. The quantitative estimate of drug-likeness (QED) is 0.874. The van der Waals surface area contributed by atoms with Gasteiger partial charge in [0.2, 0.25) is 0 Å². The number of aromatic nitrogens is 2. The fourth-order valence-corrected chi connectivity index (χ4v) is 2.39. The summed E-state index contributed by atoms with van der Waals surface area (Å²) in [4.78, 5) is 13.9. The van der Waals surface area contributed by atoms with Crippen molar-refractivity contribution in [3.05, 3.63) is 39.8 Å². The number of nitrogens with zero attached hydrogens (tertiary/aromatic N) is 1. The van der Waals surface area contributed by atoms with Gasteiger partial charge in [-0.25, -0.2) is 0 Å². The zero-order chi connectivity index (χ0) is 12.3. The molecule has 0 fully saturated rings. The van der Waals surface area contributed by atoms with Crippen molar-refractivity contribution in [2.24, 2.45) is 0 Å². The van der Waals surface area contributed by atoms with Gasteiger partial charge in [-0.2, -0.15) is 5.10 Å². The first kappa shape index (κ1) is 11.9. The smallest absolute Gasteiger partial charge is 0.261 e. The normalized spacial score (nSPS) is 12.4. The van der Waals surface area contributed by atoms with E-state index in [4.69, 9.17) is 0 Å². The van der Waals surface area contributed by atoms with Gasteiger partial charge < -0.3 is 5.32 Å². The van der Waals surface area contributed by atoms with E-state index < -0.39 is 0 Å². The molecule has 2 N–H and O–H groups in total. The van der Waals surface area contributed by atoms with E-state index in [9.17, 15) is 4.79 Å². The molecule has 0 aliphatic heterocycles. The van der Waals surface area contributed by atoms with Crippen molar-refractivity contribution in [3.63, 3.8) is 0 Å². The summed E-state index contributed by atoms with van der Waals surface area (Å²) in [6, 6.07) is 3.84. The summed E-state index contributed by atoms with van der Waals surface area (Å²) in [5.41, 5.74) is 0.977. The van der Waals surface area contributed by atoms with Crippen molar-refractivity contribution >= 4 is 17.2 Å². The average Bonchev–Trinajstić information content (AvgIpc) is 3.00. The molecule has 5 heteroatoms. The number of aryl methyl sites for hydroxylation is 1.